The average molecular weight is 184 g/mol. The quantitative estimate of drug-likeness (QED) is 0.420. The molecule has 0 amide bonds. The molecule has 74 valence electrons. The molecule has 0 fully saturated rings. The molecule has 0 aromatic heterocycles. The molecular weight excluding hydrogens is 172 g/mol. The molecule has 1 atom stereocenters. The third kappa shape index (κ3) is 6.39. The first-order valence-electron chi connectivity index (χ1n) is 3.21. The van der Waals surface area contributed by atoms with E-state index in [2.05, 4.69) is 9.68 Å². The van der Waals surface area contributed by atoms with E-state index < -0.39 is 16.9 Å². The Morgan fingerprint density at radius 1 is 1.17 bits per heavy atom. The van der Waals surface area contributed by atoms with Crippen molar-refractivity contribution in [3.8, 4) is 0 Å². The van der Waals surface area contributed by atoms with Crippen molar-refractivity contribution >= 4 is 0 Å². The first kappa shape index (κ1) is 11.7. The van der Waals surface area contributed by atoms with Gasteiger partial charge in [0.2, 0.25) is 0 Å². The predicted molar refractivity (Wildman–Crippen MR) is 31.9 cm³/mol. The van der Waals surface area contributed by atoms with E-state index in [4.69, 9.17) is 20.8 Å². The largest absolute Gasteiger partial charge is 0.266 e. The summed E-state index contributed by atoms with van der Waals surface area (Å²) in [5.41, 5.74) is 0. The van der Waals surface area contributed by atoms with Crippen LogP contribution >= 0.6 is 0 Å². The second kappa shape index (κ2) is 6.22. The van der Waals surface area contributed by atoms with Crippen LogP contribution in [0.5, 0.6) is 0 Å². The first-order chi connectivity index (χ1) is 5.56. The summed E-state index contributed by atoms with van der Waals surface area (Å²) in [4.78, 5) is 8.49. The summed E-state index contributed by atoms with van der Waals surface area (Å²) in [6.07, 6.45) is -0.271. The molecule has 0 aliphatic heterocycles. The van der Waals surface area contributed by atoms with Crippen molar-refractivity contribution in [3.63, 3.8) is 0 Å². The second-order valence-electron chi connectivity index (χ2n) is 1.94. The molecule has 0 spiro atoms. The lowest BCUT2D eigenvalue weighted by molar-refractivity contribution is -0.527. The van der Waals surface area contributed by atoms with E-state index in [1.54, 1.807) is 6.92 Å². The Kier molecular flexibility index (Phi) is 6.06. The summed E-state index contributed by atoms with van der Waals surface area (Å²) in [5, 5.41) is 31.6. The van der Waals surface area contributed by atoms with Crippen LogP contribution in [0.4, 0.5) is 0 Å². The van der Waals surface area contributed by atoms with Gasteiger partial charge >= 0.3 is 0 Å². The zero-order valence-electron chi connectivity index (χ0n) is 6.49. The minimum absolute atomic E-state index is 0.221. The molecular formula is C4H12N2O6. The van der Waals surface area contributed by atoms with Gasteiger partial charge in [-0.25, -0.2) is 9.68 Å². The van der Waals surface area contributed by atoms with Crippen LogP contribution in [0.25, 0.3) is 0 Å². The zero-order chi connectivity index (χ0) is 9.56. The molecule has 0 radical (unpaired) electrons. The van der Waals surface area contributed by atoms with Crippen LogP contribution in [0.1, 0.15) is 13.3 Å². The zero-order valence-corrected chi connectivity index (χ0v) is 6.49. The highest BCUT2D eigenvalue weighted by Gasteiger charge is 2.11. The Hall–Kier alpha value is -0.320. The molecule has 0 aliphatic rings. The van der Waals surface area contributed by atoms with Gasteiger partial charge in [0, 0.05) is 0 Å². The Morgan fingerprint density at radius 2 is 1.75 bits per heavy atom. The molecule has 0 unspecified atom stereocenters. The lowest BCUT2D eigenvalue weighted by Gasteiger charge is -2.17. The maximum atomic E-state index is 8.19. The molecule has 8 nitrogen and oxygen atoms in total. The van der Waals surface area contributed by atoms with E-state index in [-0.39, 0.29) is 6.61 Å². The summed E-state index contributed by atoms with van der Waals surface area (Å²) in [5.74, 6) is 0. The minimum atomic E-state index is -0.679. The lowest BCUT2D eigenvalue weighted by Crippen LogP contribution is -2.30. The average Bonchev–Trinajstić information content (AvgIpc) is 1.97. The van der Waals surface area contributed by atoms with Gasteiger partial charge in [-0.05, 0) is 6.42 Å². The molecule has 0 saturated carbocycles. The summed E-state index contributed by atoms with van der Waals surface area (Å²) in [6.45, 7) is 1.47. The van der Waals surface area contributed by atoms with Gasteiger partial charge in [-0.15, -0.1) is 0 Å². The molecule has 0 aliphatic carbocycles. The Labute approximate surface area is 68.5 Å². The van der Waals surface area contributed by atoms with Crippen LogP contribution in [-0.4, -0.2) is 44.3 Å². The van der Waals surface area contributed by atoms with Crippen molar-refractivity contribution in [3.05, 3.63) is 0 Å². The third-order valence-corrected chi connectivity index (χ3v) is 1.07. The minimum Gasteiger partial charge on any atom is -0.266 e. The first-order valence-corrected chi connectivity index (χ1v) is 3.21. The van der Waals surface area contributed by atoms with Gasteiger partial charge in [0.25, 0.3) is 0 Å². The number of hydrogen-bond acceptors (Lipinski definition) is 8. The van der Waals surface area contributed by atoms with Crippen molar-refractivity contribution in [1.29, 1.82) is 0 Å². The summed E-state index contributed by atoms with van der Waals surface area (Å²) in [6, 6.07) is 0. The van der Waals surface area contributed by atoms with E-state index in [1.165, 1.54) is 0 Å². The van der Waals surface area contributed by atoms with Crippen LogP contribution in [-0.2, 0) is 9.68 Å². The Bertz CT molecular complexity index is 110. The van der Waals surface area contributed by atoms with Crippen molar-refractivity contribution in [1.82, 2.24) is 10.8 Å². The molecule has 12 heavy (non-hydrogen) atoms. The molecule has 0 heterocycles. The molecule has 0 bridgehead atoms. The summed E-state index contributed by atoms with van der Waals surface area (Å²) >= 11 is 0. The van der Waals surface area contributed by atoms with E-state index in [9.17, 15) is 0 Å². The fraction of sp³-hybridized carbons (Fsp3) is 1.00. The standard InChI is InChI=1S/C4H12N2O6/c1-2-4(12-6(9)10)3-11-5(7)8/h4,7-10H,2-3H2,1H3/t4-/m0/s1. The SMILES string of the molecule is CC[C@@H](CON(O)O)ON(O)O. The monoisotopic (exact) mass is 184 g/mol. The van der Waals surface area contributed by atoms with E-state index >= 15 is 0 Å². The summed E-state index contributed by atoms with van der Waals surface area (Å²) < 4.78 is 0. The van der Waals surface area contributed by atoms with Crippen LogP contribution in [0, 0.1) is 0 Å². The van der Waals surface area contributed by atoms with Crippen molar-refractivity contribution in [2.45, 2.75) is 19.4 Å². The topological polar surface area (TPSA) is 106 Å². The van der Waals surface area contributed by atoms with E-state index in [1.807, 2.05) is 0 Å². The number of nitrogens with zero attached hydrogens (tertiary/aromatic N) is 2. The third-order valence-electron chi connectivity index (χ3n) is 1.07. The molecule has 0 aromatic rings. The van der Waals surface area contributed by atoms with Crippen LogP contribution < -0.4 is 0 Å². The molecule has 0 saturated heterocycles. The smallest absolute Gasteiger partial charge is 0.110 e. The fourth-order valence-corrected chi connectivity index (χ4v) is 0.506. The fourth-order valence-electron chi connectivity index (χ4n) is 0.506. The van der Waals surface area contributed by atoms with Crippen LogP contribution in [0.2, 0.25) is 0 Å². The normalized spacial score (nSPS) is 14.2. The van der Waals surface area contributed by atoms with Gasteiger partial charge in [0.1, 0.15) is 12.7 Å². The van der Waals surface area contributed by atoms with Gasteiger partial charge in [-0.2, -0.15) is 0 Å². The van der Waals surface area contributed by atoms with Crippen molar-refractivity contribution in [2.75, 3.05) is 6.61 Å². The van der Waals surface area contributed by atoms with Gasteiger partial charge in [-0.1, -0.05) is 6.92 Å². The Balaban J connectivity index is 3.53. The maximum absolute atomic E-state index is 8.19. The molecule has 0 rings (SSSR count). The maximum Gasteiger partial charge on any atom is 0.110 e. The second-order valence-corrected chi connectivity index (χ2v) is 1.94. The molecule has 0 aromatic carbocycles. The molecule has 8 heteroatoms. The van der Waals surface area contributed by atoms with Gasteiger partial charge in [0.05, 0.1) is 10.8 Å². The van der Waals surface area contributed by atoms with Gasteiger partial charge < -0.3 is 0 Å². The number of rotatable bonds is 6. The van der Waals surface area contributed by atoms with Crippen LogP contribution in [0.3, 0.4) is 0 Å². The van der Waals surface area contributed by atoms with Gasteiger partial charge in [0.15, 0.2) is 0 Å². The van der Waals surface area contributed by atoms with Crippen LogP contribution in [0.15, 0.2) is 0 Å². The lowest BCUT2D eigenvalue weighted by atomic mass is 10.3. The van der Waals surface area contributed by atoms with Crippen molar-refractivity contribution < 1.29 is 30.5 Å². The van der Waals surface area contributed by atoms with Crippen molar-refractivity contribution in [2.24, 2.45) is 0 Å². The highest BCUT2D eigenvalue weighted by atomic mass is 17.1. The predicted octanol–water partition coefficient (Wildman–Crippen LogP) is -0.211. The molecule has 4 N–H and O–H groups in total. The van der Waals surface area contributed by atoms with E-state index in [0.717, 1.165) is 0 Å². The van der Waals surface area contributed by atoms with E-state index in [0.29, 0.717) is 6.42 Å². The Morgan fingerprint density at radius 3 is 2.08 bits per heavy atom. The van der Waals surface area contributed by atoms with Gasteiger partial charge in [-0.3, -0.25) is 20.8 Å². The highest BCUT2D eigenvalue weighted by Crippen LogP contribution is 1.99. The number of hydrogen-bond donors (Lipinski definition) is 4. The summed E-state index contributed by atoms with van der Waals surface area (Å²) in [7, 11) is 0. The highest BCUT2D eigenvalue weighted by molar-refractivity contribution is 4.48.